The molecule has 0 aromatic heterocycles. The van der Waals surface area contributed by atoms with Crippen molar-refractivity contribution in [3.05, 3.63) is 0 Å². The van der Waals surface area contributed by atoms with Gasteiger partial charge in [-0.05, 0) is 6.42 Å². The summed E-state index contributed by atoms with van der Waals surface area (Å²) in [5.41, 5.74) is 0. The van der Waals surface area contributed by atoms with Gasteiger partial charge in [-0.15, -0.1) is 0 Å². The Bertz CT molecular complexity index is 196. The maximum absolute atomic E-state index is 11.0. The molecule has 0 aromatic rings. The molecule has 108 valence electrons. The van der Waals surface area contributed by atoms with Gasteiger partial charge in [0.1, 0.15) is 0 Å². The smallest absolute Gasteiger partial charge is 0.336 e. The molecule has 0 saturated carbocycles. The highest BCUT2D eigenvalue weighted by Crippen LogP contribution is 2.10. The van der Waals surface area contributed by atoms with E-state index in [1.54, 1.807) is 0 Å². The second kappa shape index (κ2) is 12.7. The van der Waals surface area contributed by atoms with Gasteiger partial charge >= 0.3 is 6.03 Å². The van der Waals surface area contributed by atoms with Gasteiger partial charge in [0.05, 0.1) is 0 Å². The molecule has 0 atom stereocenters. The number of hydroxylamine groups is 2. The minimum Gasteiger partial charge on any atom is -0.336 e. The van der Waals surface area contributed by atoms with Crippen molar-refractivity contribution in [1.82, 2.24) is 10.4 Å². The first-order valence-electron chi connectivity index (χ1n) is 7.39. The molecule has 0 aliphatic rings. The fourth-order valence-electron chi connectivity index (χ4n) is 1.92. The normalized spacial score (nSPS) is 10.4. The van der Waals surface area contributed by atoms with Crippen molar-refractivity contribution in [2.45, 2.75) is 71.1 Å². The summed E-state index contributed by atoms with van der Waals surface area (Å²) in [6.07, 6.45) is 12.9. The molecule has 0 heterocycles. The molecular formula is C14H30N2O2. The van der Waals surface area contributed by atoms with E-state index >= 15 is 0 Å². The van der Waals surface area contributed by atoms with Crippen LogP contribution in [0.2, 0.25) is 0 Å². The topological polar surface area (TPSA) is 52.6 Å². The number of nitrogens with zero attached hydrogens (tertiary/aromatic N) is 1. The summed E-state index contributed by atoms with van der Waals surface area (Å²) in [4.78, 5) is 11.0. The van der Waals surface area contributed by atoms with Crippen LogP contribution in [0.3, 0.4) is 0 Å². The molecule has 0 aromatic carbocycles. The van der Waals surface area contributed by atoms with Crippen molar-refractivity contribution >= 4 is 6.03 Å². The number of carbonyl (C=O) groups excluding carboxylic acids is 1. The predicted molar refractivity (Wildman–Crippen MR) is 74.8 cm³/mol. The lowest BCUT2D eigenvalue weighted by Gasteiger charge is -2.09. The monoisotopic (exact) mass is 258 g/mol. The Balaban J connectivity index is 3.05. The predicted octanol–water partition coefficient (Wildman–Crippen LogP) is 3.94. The van der Waals surface area contributed by atoms with Crippen LogP contribution in [0.5, 0.6) is 0 Å². The van der Waals surface area contributed by atoms with E-state index in [4.69, 9.17) is 5.21 Å². The molecule has 0 saturated heterocycles. The van der Waals surface area contributed by atoms with Gasteiger partial charge in [0.15, 0.2) is 0 Å². The third kappa shape index (κ3) is 11.7. The number of hydrogen-bond donors (Lipinski definition) is 2. The van der Waals surface area contributed by atoms with E-state index in [9.17, 15) is 4.79 Å². The van der Waals surface area contributed by atoms with Crippen LogP contribution in [-0.2, 0) is 0 Å². The second-order valence-electron chi connectivity index (χ2n) is 4.94. The lowest BCUT2D eigenvalue weighted by Crippen LogP contribution is -2.35. The van der Waals surface area contributed by atoms with E-state index in [1.807, 2.05) is 0 Å². The van der Waals surface area contributed by atoms with E-state index in [0.717, 1.165) is 12.8 Å². The van der Waals surface area contributed by atoms with E-state index in [0.29, 0.717) is 11.6 Å². The van der Waals surface area contributed by atoms with Gasteiger partial charge in [-0.2, -0.15) is 0 Å². The summed E-state index contributed by atoms with van der Waals surface area (Å²) in [5, 5.41) is 12.0. The Morgan fingerprint density at radius 2 is 1.39 bits per heavy atom. The summed E-state index contributed by atoms with van der Waals surface area (Å²) in [5.74, 6) is 0. The van der Waals surface area contributed by atoms with Crippen molar-refractivity contribution in [3.8, 4) is 0 Å². The average Bonchev–Trinajstić information content (AvgIpc) is 2.35. The summed E-state index contributed by atoms with van der Waals surface area (Å²) >= 11 is 0. The van der Waals surface area contributed by atoms with Gasteiger partial charge in [0, 0.05) is 13.6 Å². The zero-order valence-electron chi connectivity index (χ0n) is 12.1. The number of unbranched alkanes of at least 4 members (excludes halogenated alkanes) is 9. The third-order valence-electron chi connectivity index (χ3n) is 3.10. The van der Waals surface area contributed by atoms with Crippen molar-refractivity contribution < 1.29 is 10.0 Å². The number of nitrogens with one attached hydrogen (secondary N) is 1. The average molecular weight is 258 g/mol. The van der Waals surface area contributed by atoms with Crippen LogP contribution < -0.4 is 5.32 Å². The first-order chi connectivity index (χ1) is 8.68. The van der Waals surface area contributed by atoms with Crippen LogP contribution in [0.15, 0.2) is 0 Å². The third-order valence-corrected chi connectivity index (χ3v) is 3.10. The first kappa shape index (κ1) is 17.2. The lowest BCUT2D eigenvalue weighted by atomic mass is 10.1. The minimum absolute atomic E-state index is 0.425. The number of amides is 2. The summed E-state index contributed by atoms with van der Waals surface area (Å²) in [7, 11) is 1.33. The number of hydrogen-bond acceptors (Lipinski definition) is 2. The second-order valence-corrected chi connectivity index (χ2v) is 4.94. The van der Waals surface area contributed by atoms with Crippen LogP contribution >= 0.6 is 0 Å². The largest absolute Gasteiger partial charge is 0.340 e. The van der Waals surface area contributed by atoms with Crippen LogP contribution in [0, 0.1) is 0 Å². The van der Waals surface area contributed by atoms with Crippen LogP contribution in [0.1, 0.15) is 71.1 Å². The van der Waals surface area contributed by atoms with Gasteiger partial charge in [-0.25, -0.2) is 9.86 Å². The molecular weight excluding hydrogens is 228 g/mol. The van der Waals surface area contributed by atoms with Crippen LogP contribution in [-0.4, -0.2) is 29.9 Å². The Labute approximate surface area is 112 Å². The van der Waals surface area contributed by atoms with Crippen molar-refractivity contribution in [1.29, 1.82) is 0 Å². The Morgan fingerprint density at radius 1 is 0.944 bits per heavy atom. The SMILES string of the molecule is CCCCCCCCCCCCNC(=O)N(C)O. The molecule has 4 nitrogen and oxygen atoms in total. The van der Waals surface area contributed by atoms with E-state index in [-0.39, 0.29) is 0 Å². The number of rotatable bonds is 11. The number of urea groups is 1. The van der Waals surface area contributed by atoms with Crippen molar-refractivity contribution in [2.24, 2.45) is 0 Å². The molecule has 0 aliphatic carbocycles. The van der Waals surface area contributed by atoms with Gasteiger partial charge in [-0.1, -0.05) is 64.7 Å². The Hall–Kier alpha value is -0.770. The van der Waals surface area contributed by atoms with Crippen molar-refractivity contribution in [3.63, 3.8) is 0 Å². The molecule has 2 amide bonds. The molecule has 0 radical (unpaired) electrons. The molecule has 18 heavy (non-hydrogen) atoms. The highest BCUT2D eigenvalue weighted by atomic mass is 16.5. The van der Waals surface area contributed by atoms with Crippen LogP contribution in [0.25, 0.3) is 0 Å². The molecule has 0 unspecified atom stereocenters. The minimum atomic E-state index is -0.425. The van der Waals surface area contributed by atoms with E-state index in [1.165, 1.54) is 58.4 Å². The standard InChI is InChI=1S/C14H30N2O2/c1-3-4-5-6-7-8-9-10-11-12-13-15-14(17)16(2)18/h18H,3-13H2,1-2H3,(H,15,17). The zero-order valence-corrected chi connectivity index (χ0v) is 12.1. The van der Waals surface area contributed by atoms with E-state index < -0.39 is 6.03 Å². The highest BCUT2D eigenvalue weighted by molar-refractivity contribution is 5.72. The maximum Gasteiger partial charge on any atom is 0.340 e. The van der Waals surface area contributed by atoms with Gasteiger partial charge in [0.2, 0.25) is 0 Å². The Morgan fingerprint density at radius 3 is 1.83 bits per heavy atom. The lowest BCUT2D eigenvalue weighted by molar-refractivity contribution is -0.0182. The molecule has 0 rings (SSSR count). The molecule has 0 spiro atoms. The summed E-state index contributed by atoms with van der Waals surface area (Å²) in [6, 6.07) is -0.425. The quantitative estimate of drug-likeness (QED) is 0.335. The van der Waals surface area contributed by atoms with E-state index in [2.05, 4.69) is 12.2 Å². The maximum atomic E-state index is 11.0. The summed E-state index contributed by atoms with van der Waals surface area (Å²) < 4.78 is 0. The highest BCUT2D eigenvalue weighted by Gasteiger charge is 2.02. The fraction of sp³-hybridized carbons (Fsp3) is 0.929. The molecule has 0 aliphatic heterocycles. The van der Waals surface area contributed by atoms with Gasteiger partial charge in [-0.3, -0.25) is 5.21 Å². The fourth-order valence-corrected chi connectivity index (χ4v) is 1.92. The molecule has 0 bridgehead atoms. The number of carbonyl (C=O) groups is 1. The summed E-state index contributed by atoms with van der Waals surface area (Å²) in [6.45, 7) is 2.90. The van der Waals surface area contributed by atoms with Gasteiger partial charge in [0.25, 0.3) is 0 Å². The molecule has 2 N–H and O–H groups in total. The van der Waals surface area contributed by atoms with Crippen molar-refractivity contribution in [2.75, 3.05) is 13.6 Å². The van der Waals surface area contributed by atoms with Crippen LogP contribution in [0.4, 0.5) is 4.79 Å². The first-order valence-corrected chi connectivity index (χ1v) is 7.39. The Kier molecular flexibility index (Phi) is 12.1. The zero-order chi connectivity index (χ0) is 13.6. The van der Waals surface area contributed by atoms with Gasteiger partial charge < -0.3 is 5.32 Å². The molecule has 4 heteroatoms. The molecule has 0 fully saturated rings.